The minimum Gasteiger partial charge on any atom is -0.467 e. The van der Waals surface area contributed by atoms with Gasteiger partial charge in [-0.2, -0.15) is 18.4 Å². The molecule has 1 aromatic carbocycles. The van der Waals surface area contributed by atoms with Crippen molar-refractivity contribution in [2.24, 2.45) is 0 Å². The molecular weight excluding hydrogens is 395 g/mol. The van der Waals surface area contributed by atoms with E-state index in [0.717, 1.165) is 11.8 Å². The molecule has 9 heteroatoms. The van der Waals surface area contributed by atoms with Crippen LogP contribution in [0.1, 0.15) is 21.5 Å². The Morgan fingerprint density at radius 2 is 2.04 bits per heavy atom. The van der Waals surface area contributed by atoms with Gasteiger partial charge in [0, 0.05) is 19.3 Å². The van der Waals surface area contributed by atoms with Gasteiger partial charge in [0.05, 0.1) is 17.2 Å². The van der Waals surface area contributed by atoms with E-state index in [4.69, 9.17) is 16.9 Å². The highest BCUT2D eigenvalue weighted by Gasteiger charge is 2.29. The quantitative estimate of drug-likeness (QED) is 0.637. The fourth-order valence-electron chi connectivity index (χ4n) is 2.26. The molecule has 0 fully saturated rings. The van der Waals surface area contributed by atoms with Gasteiger partial charge in [-0.25, -0.2) is 4.98 Å². The zero-order chi connectivity index (χ0) is 20.7. The summed E-state index contributed by atoms with van der Waals surface area (Å²) >= 11 is 5.90. The predicted octanol–water partition coefficient (Wildman–Crippen LogP) is 4.38. The number of alkyl halides is 3. The van der Waals surface area contributed by atoms with Crippen LogP contribution < -0.4 is 4.74 Å². The lowest BCUT2D eigenvalue weighted by Crippen LogP contribution is -2.30. The van der Waals surface area contributed by atoms with E-state index in [1.807, 2.05) is 6.07 Å². The third-order valence-corrected chi connectivity index (χ3v) is 3.79. The van der Waals surface area contributed by atoms with Crippen molar-refractivity contribution in [2.75, 3.05) is 13.2 Å². The van der Waals surface area contributed by atoms with Gasteiger partial charge in [-0.3, -0.25) is 4.79 Å². The monoisotopic (exact) mass is 409 g/mol. The first kappa shape index (κ1) is 21.3. The second-order valence-electron chi connectivity index (χ2n) is 5.70. The molecule has 0 aliphatic carbocycles. The summed E-state index contributed by atoms with van der Waals surface area (Å²) in [6.45, 7) is 2.55. The minimum atomic E-state index is -4.53. The summed E-state index contributed by atoms with van der Waals surface area (Å²) in [7, 11) is 0. The molecule has 0 bridgehead atoms. The number of aromatic nitrogens is 1. The molecular formula is C19H15ClF3N3O2. The Hall–Kier alpha value is -3.05. The zero-order valence-electron chi connectivity index (χ0n) is 14.5. The van der Waals surface area contributed by atoms with Crippen LogP contribution in [0.3, 0.4) is 0 Å². The average molecular weight is 410 g/mol. The van der Waals surface area contributed by atoms with Gasteiger partial charge in [-0.1, -0.05) is 29.8 Å². The second kappa shape index (κ2) is 9.24. The molecule has 28 heavy (non-hydrogen) atoms. The summed E-state index contributed by atoms with van der Waals surface area (Å²) in [5.41, 5.74) is 1.38. The van der Waals surface area contributed by atoms with Gasteiger partial charge in [-0.15, -0.1) is 6.58 Å². The third kappa shape index (κ3) is 5.99. The number of carbonyl (C=O) groups is 1. The summed E-state index contributed by atoms with van der Waals surface area (Å²) in [6.07, 6.45) is -1.88. The largest absolute Gasteiger partial charge is 0.467 e. The number of nitriles is 1. The van der Waals surface area contributed by atoms with Gasteiger partial charge < -0.3 is 9.64 Å². The molecule has 0 saturated heterocycles. The average Bonchev–Trinajstić information content (AvgIpc) is 2.66. The number of carbonyl (C=O) groups excluding carboxylic acids is 1. The Kier molecular flexibility index (Phi) is 7.01. The lowest BCUT2D eigenvalue weighted by molar-refractivity contribution is -0.154. The predicted molar refractivity (Wildman–Crippen MR) is 96.9 cm³/mol. The van der Waals surface area contributed by atoms with E-state index in [9.17, 15) is 18.0 Å². The van der Waals surface area contributed by atoms with Crippen LogP contribution in [0.2, 0.25) is 5.02 Å². The summed E-state index contributed by atoms with van der Waals surface area (Å²) in [5.74, 6) is -0.834. The topological polar surface area (TPSA) is 66.2 Å². The molecule has 0 aliphatic heterocycles. The van der Waals surface area contributed by atoms with Crippen LogP contribution in [0.25, 0.3) is 0 Å². The van der Waals surface area contributed by atoms with Crippen molar-refractivity contribution in [3.05, 3.63) is 70.9 Å². The Morgan fingerprint density at radius 1 is 1.36 bits per heavy atom. The van der Waals surface area contributed by atoms with Crippen molar-refractivity contribution in [1.29, 1.82) is 5.26 Å². The van der Waals surface area contributed by atoms with E-state index in [0.29, 0.717) is 5.56 Å². The number of pyridine rings is 1. The Morgan fingerprint density at radius 3 is 2.57 bits per heavy atom. The summed E-state index contributed by atoms with van der Waals surface area (Å²) < 4.78 is 41.3. The SMILES string of the molecule is C=CCN(Cc1ccc(C#N)cc1)C(=O)c1cnc(OCC(F)(F)F)c(Cl)c1. The highest BCUT2D eigenvalue weighted by molar-refractivity contribution is 6.32. The molecule has 2 rings (SSSR count). The van der Waals surface area contributed by atoms with Crippen LogP contribution >= 0.6 is 11.6 Å². The number of ether oxygens (including phenoxy) is 1. The Balaban J connectivity index is 2.16. The van der Waals surface area contributed by atoms with E-state index in [2.05, 4.69) is 16.3 Å². The van der Waals surface area contributed by atoms with Crippen LogP contribution in [-0.4, -0.2) is 35.1 Å². The van der Waals surface area contributed by atoms with Gasteiger partial charge in [0.1, 0.15) is 5.02 Å². The highest BCUT2D eigenvalue weighted by Crippen LogP contribution is 2.25. The molecule has 0 N–H and O–H groups in total. The zero-order valence-corrected chi connectivity index (χ0v) is 15.3. The molecule has 0 radical (unpaired) electrons. The fraction of sp³-hybridized carbons (Fsp3) is 0.211. The van der Waals surface area contributed by atoms with Crippen molar-refractivity contribution >= 4 is 17.5 Å². The summed E-state index contributed by atoms with van der Waals surface area (Å²) in [6, 6.07) is 9.94. The van der Waals surface area contributed by atoms with E-state index in [1.165, 1.54) is 17.0 Å². The number of hydrogen-bond donors (Lipinski definition) is 0. The number of halogens is 4. The molecule has 0 atom stereocenters. The van der Waals surface area contributed by atoms with Crippen molar-refractivity contribution in [1.82, 2.24) is 9.88 Å². The van der Waals surface area contributed by atoms with E-state index < -0.39 is 24.6 Å². The summed E-state index contributed by atoms with van der Waals surface area (Å²) in [4.78, 5) is 17.9. The Bertz CT molecular complexity index is 893. The van der Waals surface area contributed by atoms with Crippen molar-refractivity contribution in [3.63, 3.8) is 0 Å². The van der Waals surface area contributed by atoms with E-state index in [-0.39, 0.29) is 23.7 Å². The number of nitrogens with zero attached hydrogens (tertiary/aromatic N) is 3. The van der Waals surface area contributed by atoms with E-state index in [1.54, 1.807) is 24.3 Å². The molecule has 1 aromatic heterocycles. The van der Waals surface area contributed by atoms with Gasteiger partial charge >= 0.3 is 6.18 Å². The number of hydrogen-bond acceptors (Lipinski definition) is 4. The molecule has 0 spiro atoms. The molecule has 0 aliphatic rings. The smallest absolute Gasteiger partial charge is 0.422 e. The molecule has 2 aromatic rings. The van der Waals surface area contributed by atoms with Gasteiger partial charge in [0.2, 0.25) is 5.88 Å². The van der Waals surface area contributed by atoms with Crippen LogP contribution in [0.4, 0.5) is 13.2 Å². The Labute approximate surface area is 164 Å². The maximum atomic E-state index is 12.7. The highest BCUT2D eigenvalue weighted by atomic mass is 35.5. The lowest BCUT2D eigenvalue weighted by Gasteiger charge is -2.21. The van der Waals surface area contributed by atoms with Gasteiger partial charge in [0.25, 0.3) is 5.91 Å². The van der Waals surface area contributed by atoms with Crippen molar-refractivity contribution in [3.8, 4) is 11.9 Å². The minimum absolute atomic E-state index is 0.0971. The van der Waals surface area contributed by atoms with Gasteiger partial charge in [-0.05, 0) is 23.8 Å². The maximum absolute atomic E-state index is 12.7. The molecule has 1 amide bonds. The normalized spacial score (nSPS) is 10.8. The van der Waals surface area contributed by atoms with E-state index >= 15 is 0 Å². The molecule has 1 heterocycles. The van der Waals surface area contributed by atoms with Crippen LogP contribution in [0, 0.1) is 11.3 Å². The van der Waals surface area contributed by atoms with Crippen LogP contribution in [0.5, 0.6) is 5.88 Å². The first-order valence-electron chi connectivity index (χ1n) is 7.98. The van der Waals surface area contributed by atoms with Crippen LogP contribution in [0.15, 0.2) is 49.2 Å². The standard InChI is InChI=1S/C19H15ClF3N3O2/c1-2-7-26(11-14-5-3-13(9-24)4-6-14)18(27)15-8-16(20)17(25-10-15)28-12-19(21,22)23/h2-6,8,10H,1,7,11-12H2. The van der Waals surface area contributed by atoms with Crippen LogP contribution in [-0.2, 0) is 6.54 Å². The number of benzene rings is 1. The molecule has 146 valence electrons. The van der Waals surface area contributed by atoms with Crippen molar-refractivity contribution in [2.45, 2.75) is 12.7 Å². The van der Waals surface area contributed by atoms with Gasteiger partial charge in [0.15, 0.2) is 6.61 Å². The second-order valence-corrected chi connectivity index (χ2v) is 6.11. The number of amides is 1. The maximum Gasteiger partial charge on any atom is 0.422 e. The first-order valence-corrected chi connectivity index (χ1v) is 8.35. The molecule has 0 saturated carbocycles. The summed E-state index contributed by atoms with van der Waals surface area (Å²) in [5, 5.41) is 8.64. The number of rotatable bonds is 7. The molecule has 5 nitrogen and oxygen atoms in total. The molecule has 0 unspecified atom stereocenters. The third-order valence-electron chi connectivity index (χ3n) is 3.52. The fourth-order valence-corrected chi connectivity index (χ4v) is 2.48. The lowest BCUT2D eigenvalue weighted by atomic mass is 10.1. The first-order chi connectivity index (χ1) is 13.2. The van der Waals surface area contributed by atoms with Crippen molar-refractivity contribution < 1.29 is 22.7 Å².